The van der Waals surface area contributed by atoms with Crippen LogP contribution in [0.5, 0.6) is 5.88 Å². The van der Waals surface area contributed by atoms with Crippen molar-refractivity contribution < 1.29 is 9.53 Å². The lowest BCUT2D eigenvalue weighted by molar-refractivity contribution is -0.122. The standard InChI is InChI=1S/C16H16ClN5O3/c1-10(11-3-5-12(17)6-4-11)18-14(23)9-21-16(24)22-13(19-21)7-8-15(20-22)25-2/h3-8,10H,9H2,1-2H3,(H,18,23)/t10-/m0/s1. The molecule has 130 valence electrons. The number of halogens is 1. The van der Waals surface area contributed by atoms with Gasteiger partial charge in [-0.2, -0.15) is 4.52 Å². The van der Waals surface area contributed by atoms with Gasteiger partial charge < -0.3 is 10.1 Å². The molecule has 2 heterocycles. The first-order valence-electron chi connectivity index (χ1n) is 7.53. The van der Waals surface area contributed by atoms with Gasteiger partial charge in [-0.05, 0) is 30.7 Å². The van der Waals surface area contributed by atoms with Crippen molar-refractivity contribution in [3.63, 3.8) is 0 Å². The molecule has 3 rings (SSSR count). The zero-order valence-corrected chi connectivity index (χ0v) is 14.4. The fourth-order valence-corrected chi connectivity index (χ4v) is 2.49. The van der Waals surface area contributed by atoms with Crippen molar-refractivity contribution in [3.05, 3.63) is 57.5 Å². The number of carbonyl (C=O) groups is 1. The molecule has 1 aromatic carbocycles. The van der Waals surface area contributed by atoms with E-state index in [1.807, 2.05) is 19.1 Å². The van der Waals surface area contributed by atoms with Crippen LogP contribution in [0.15, 0.2) is 41.2 Å². The van der Waals surface area contributed by atoms with Gasteiger partial charge in [0.1, 0.15) is 6.54 Å². The van der Waals surface area contributed by atoms with E-state index in [9.17, 15) is 9.59 Å². The predicted molar refractivity (Wildman–Crippen MR) is 91.8 cm³/mol. The van der Waals surface area contributed by atoms with Gasteiger partial charge in [0, 0.05) is 11.1 Å². The number of rotatable bonds is 5. The zero-order chi connectivity index (χ0) is 18.0. The average Bonchev–Trinajstić information content (AvgIpc) is 2.90. The van der Waals surface area contributed by atoms with Gasteiger partial charge in [0.2, 0.25) is 11.8 Å². The van der Waals surface area contributed by atoms with Crippen LogP contribution >= 0.6 is 11.6 Å². The van der Waals surface area contributed by atoms with Crippen molar-refractivity contribution in [3.8, 4) is 5.88 Å². The smallest absolute Gasteiger partial charge is 0.367 e. The summed E-state index contributed by atoms with van der Waals surface area (Å²) in [6.07, 6.45) is 0. The van der Waals surface area contributed by atoms with Crippen LogP contribution in [0.2, 0.25) is 5.02 Å². The zero-order valence-electron chi connectivity index (χ0n) is 13.6. The monoisotopic (exact) mass is 361 g/mol. The SMILES string of the molecule is COc1ccc2nn(CC(=O)N[C@@H](C)c3ccc(Cl)cc3)c(=O)n2n1. The van der Waals surface area contributed by atoms with Crippen molar-refractivity contribution in [2.24, 2.45) is 0 Å². The first kappa shape index (κ1) is 17.0. The minimum absolute atomic E-state index is 0.206. The van der Waals surface area contributed by atoms with Gasteiger partial charge >= 0.3 is 5.69 Å². The third-order valence-electron chi connectivity index (χ3n) is 3.67. The van der Waals surface area contributed by atoms with Gasteiger partial charge in [-0.15, -0.1) is 10.2 Å². The van der Waals surface area contributed by atoms with E-state index >= 15 is 0 Å². The van der Waals surface area contributed by atoms with Crippen LogP contribution in [-0.2, 0) is 11.3 Å². The molecule has 0 spiro atoms. The molecular formula is C16H16ClN5O3. The summed E-state index contributed by atoms with van der Waals surface area (Å²) in [5.74, 6) is -0.0464. The van der Waals surface area contributed by atoms with Gasteiger partial charge in [-0.1, -0.05) is 23.7 Å². The first-order chi connectivity index (χ1) is 12.0. The summed E-state index contributed by atoms with van der Waals surface area (Å²) < 4.78 is 7.13. The fourth-order valence-electron chi connectivity index (χ4n) is 2.36. The third-order valence-corrected chi connectivity index (χ3v) is 3.92. The highest BCUT2D eigenvalue weighted by atomic mass is 35.5. The van der Waals surface area contributed by atoms with Crippen LogP contribution in [0.25, 0.3) is 5.65 Å². The summed E-state index contributed by atoms with van der Waals surface area (Å²) in [7, 11) is 1.45. The number of amides is 1. The van der Waals surface area contributed by atoms with E-state index < -0.39 is 5.69 Å². The van der Waals surface area contributed by atoms with Gasteiger partial charge in [0.05, 0.1) is 13.2 Å². The van der Waals surface area contributed by atoms with Crippen LogP contribution in [0.4, 0.5) is 0 Å². The van der Waals surface area contributed by atoms with Crippen LogP contribution in [0, 0.1) is 0 Å². The molecule has 0 unspecified atom stereocenters. The number of benzene rings is 1. The Labute approximate surface area is 148 Å². The molecule has 25 heavy (non-hydrogen) atoms. The number of aromatic nitrogens is 4. The maximum absolute atomic E-state index is 12.3. The van der Waals surface area contributed by atoms with Gasteiger partial charge in [-0.3, -0.25) is 4.79 Å². The Balaban J connectivity index is 1.74. The molecule has 1 N–H and O–H groups in total. The Morgan fingerprint density at radius 2 is 1.96 bits per heavy atom. The Morgan fingerprint density at radius 1 is 1.24 bits per heavy atom. The maximum Gasteiger partial charge on any atom is 0.367 e. The average molecular weight is 362 g/mol. The molecule has 0 aliphatic rings. The second kappa shape index (κ2) is 6.94. The lowest BCUT2D eigenvalue weighted by Gasteiger charge is -2.14. The van der Waals surface area contributed by atoms with Crippen LogP contribution in [-0.4, -0.2) is 32.4 Å². The van der Waals surface area contributed by atoms with Crippen molar-refractivity contribution in [2.75, 3.05) is 7.11 Å². The molecule has 0 saturated carbocycles. The highest BCUT2D eigenvalue weighted by Gasteiger charge is 2.14. The lowest BCUT2D eigenvalue weighted by Crippen LogP contribution is -2.34. The topological polar surface area (TPSA) is 90.5 Å². The highest BCUT2D eigenvalue weighted by Crippen LogP contribution is 2.15. The molecule has 9 heteroatoms. The van der Waals surface area contributed by atoms with Crippen molar-refractivity contribution in [2.45, 2.75) is 19.5 Å². The van der Waals surface area contributed by atoms with Gasteiger partial charge in [-0.25, -0.2) is 9.48 Å². The van der Waals surface area contributed by atoms with E-state index in [1.165, 1.54) is 7.11 Å². The number of hydrogen-bond donors (Lipinski definition) is 1. The Bertz CT molecular complexity index is 964. The molecule has 0 bridgehead atoms. The van der Waals surface area contributed by atoms with E-state index in [4.69, 9.17) is 16.3 Å². The molecule has 0 fully saturated rings. The molecule has 0 radical (unpaired) electrons. The maximum atomic E-state index is 12.3. The Morgan fingerprint density at radius 3 is 2.64 bits per heavy atom. The predicted octanol–water partition coefficient (Wildman–Crippen LogP) is 1.43. The quantitative estimate of drug-likeness (QED) is 0.742. The molecule has 0 aliphatic carbocycles. The number of nitrogens with one attached hydrogen (secondary N) is 1. The number of carbonyl (C=O) groups excluding carboxylic acids is 1. The Kier molecular flexibility index (Phi) is 4.71. The van der Waals surface area contributed by atoms with Crippen LogP contribution in [0.1, 0.15) is 18.5 Å². The summed E-state index contributed by atoms with van der Waals surface area (Å²) in [6.45, 7) is 1.64. The van der Waals surface area contributed by atoms with Crippen molar-refractivity contribution in [1.29, 1.82) is 0 Å². The molecule has 0 saturated heterocycles. The van der Waals surface area contributed by atoms with E-state index in [0.29, 0.717) is 10.7 Å². The summed E-state index contributed by atoms with van der Waals surface area (Å²) in [5.41, 5.74) is 0.735. The summed E-state index contributed by atoms with van der Waals surface area (Å²) >= 11 is 5.86. The minimum atomic E-state index is -0.511. The molecule has 8 nitrogen and oxygen atoms in total. The highest BCUT2D eigenvalue weighted by molar-refractivity contribution is 6.30. The van der Waals surface area contributed by atoms with E-state index in [-0.39, 0.29) is 24.4 Å². The van der Waals surface area contributed by atoms with E-state index in [0.717, 1.165) is 14.8 Å². The van der Waals surface area contributed by atoms with E-state index in [2.05, 4.69) is 15.5 Å². The molecule has 3 aromatic rings. The van der Waals surface area contributed by atoms with Crippen molar-refractivity contribution in [1.82, 2.24) is 24.7 Å². The molecular weight excluding hydrogens is 346 g/mol. The second-order valence-electron chi connectivity index (χ2n) is 5.43. The summed E-state index contributed by atoms with van der Waals surface area (Å²) in [6, 6.07) is 10.1. The number of methoxy groups -OCH3 is 1. The minimum Gasteiger partial charge on any atom is -0.480 e. The molecule has 0 aliphatic heterocycles. The summed E-state index contributed by atoms with van der Waals surface area (Å²) in [5, 5.41) is 11.5. The third kappa shape index (κ3) is 3.63. The van der Waals surface area contributed by atoms with Gasteiger partial charge in [0.25, 0.3) is 0 Å². The number of ether oxygens (including phenoxy) is 1. The largest absolute Gasteiger partial charge is 0.480 e. The van der Waals surface area contributed by atoms with Crippen LogP contribution in [0.3, 0.4) is 0 Å². The van der Waals surface area contributed by atoms with Gasteiger partial charge in [0.15, 0.2) is 5.65 Å². The van der Waals surface area contributed by atoms with E-state index in [1.54, 1.807) is 24.3 Å². The number of fused-ring (bicyclic) bond motifs is 1. The lowest BCUT2D eigenvalue weighted by atomic mass is 10.1. The first-order valence-corrected chi connectivity index (χ1v) is 7.91. The number of nitrogens with zero attached hydrogens (tertiary/aromatic N) is 4. The Hall–Kier alpha value is -2.87. The number of hydrogen-bond acceptors (Lipinski definition) is 5. The molecule has 2 aromatic heterocycles. The molecule has 1 atom stereocenters. The van der Waals surface area contributed by atoms with Crippen LogP contribution < -0.4 is 15.7 Å². The van der Waals surface area contributed by atoms with Crippen molar-refractivity contribution >= 4 is 23.2 Å². The molecule has 1 amide bonds. The second-order valence-corrected chi connectivity index (χ2v) is 5.86. The fraction of sp³-hybridized carbons (Fsp3) is 0.250. The summed E-state index contributed by atoms with van der Waals surface area (Å²) in [4.78, 5) is 24.5. The normalized spacial score (nSPS) is 12.1.